The lowest BCUT2D eigenvalue weighted by Gasteiger charge is -2.13. The fourth-order valence-corrected chi connectivity index (χ4v) is 3.43. The molecule has 1 aliphatic heterocycles. The normalized spacial score (nSPS) is 14.4. The van der Waals surface area contributed by atoms with E-state index in [9.17, 15) is 9.59 Å². The van der Waals surface area contributed by atoms with Gasteiger partial charge in [0.15, 0.2) is 11.5 Å². The molecule has 0 atom stereocenters. The lowest BCUT2D eigenvalue weighted by molar-refractivity contribution is -0.123. The van der Waals surface area contributed by atoms with Crippen LogP contribution in [0.4, 0.5) is 0 Å². The summed E-state index contributed by atoms with van der Waals surface area (Å²) in [4.78, 5) is 25.6. The number of hydrazone groups is 1. The molecule has 0 N–H and O–H groups in total. The van der Waals surface area contributed by atoms with Gasteiger partial charge in [0.25, 0.3) is 11.8 Å². The third kappa shape index (κ3) is 5.01. The Labute approximate surface area is 192 Å². The van der Waals surface area contributed by atoms with Gasteiger partial charge in [-0.2, -0.15) is 10.1 Å². The second kappa shape index (κ2) is 9.96. The molecule has 0 unspecified atom stereocenters. The van der Waals surface area contributed by atoms with E-state index in [4.69, 9.17) is 9.47 Å². The first-order valence-corrected chi connectivity index (χ1v) is 10.7. The molecule has 33 heavy (non-hydrogen) atoms. The standard InChI is InChI=1S/C27H24N2O4/c1-3-32-25-17-21(14-15-24(25)33-18-20-10-6-4-7-11-20)16-23-19(2)28-29(27(23)31)26(30)22-12-8-5-9-13-22/h4-17H,3,18H2,1-2H3/b23-16+. The topological polar surface area (TPSA) is 68.2 Å². The highest BCUT2D eigenvalue weighted by Gasteiger charge is 2.32. The molecule has 1 aliphatic rings. The first kappa shape index (κ1) is 22.0. The maximum absolute atomic E-state index is 12.9. The lowest BCUT2D eigenvalue weighted by Crippen LogP contribution is -2.29. The van der Waals surface area contributed by atoms with Gasteiger partial charge in [-0.05, 0) is 55.3 Å². The molecule has 0 fully saturated rings. The zero-order chi connectivity index (χ0) is 23.2. The Morgan fingerprint density at radius 3 is 2.33 bits per heavy atom. The highest BCUT2D eigenvalue weighted by molar-refractivity contribution is 6.30. The van der Waals surface area contributed by atoms with E-state index in [-0.39, 0.29) is 0 Å². The largest absolute Gasteiger partial charge is 0.490 e. The van der Waals surface area contributed by atoms with Gasteiger partial charge in [0.05, 0.1) is 17.9 Å². The number of carbonyl (C=O) groups excluding carboxylic acids is 2. The van der Waals surface area contributed by atoms with Crippen molar-refractivity contribution < 1.29 is 19.1 Å². The Balaban J connectivity index is 1.55. The number of ether oxygens (including phenoxy) is 2. The minimum absolute atomic E-state index is 0.361. The van der Waals surface area contributed by atoms with Crippen LogP contribution in [0.2, 0.25) is 0 Å². The lowest BCUT2D eigenvalue weighted by atomic mass is 10.1. The third-order valence-corrected chi connectivity index (χ3v) is 5.09. The molecule has 0 radical (unpaired) electrons. The molecule has 3 aromatic rings. The predicted octanol–water partition coefficient (Wildman–Crippen LogP) is 5.11. The van der Waals surface area contributed by atoms with Gasteiger partial charge in [-0.25, -0.2) is 0 Å². The molecule has 3 aromatic carbocycles. The Morgan fingerprint density at radius 1 is 0.939 bits per heavy atom. The minimum Gasteiger partial charge on any atom is -0.490 e. The third-order valence-electron chi connectivity index (χ3n) is 5.09. The van der Waals surface area contributed by atoms with Gasteiger partial charge in [-0.15, -0.1) is 0 Å². The first-order valence-electron chi connectivity index (χ1n) is 10.7. The number of amides is 2. The quantitative estimate of drug-likeness (QED) is 0.378. The molecule has 0 aromatic heterocycles. The molecular weight excluding hydrogens is 416 g/mol. The molecule has 0 spiro atoms. The van der Waals surface area contributed by atoms with Crippen molar-refractivity contribution in [2.75, 3.05) is 6.61 Å². The summed E-state index contributed by atoms with van der Waals surface area (Å²) >= 11 is 0. The van der Waals surface area contributed by atoms with Gasteiger partial charge in [-0.3, -0.25) is 9.59 Å². The molecule has 4 rings (SSSR count). The van der Waals surface area contributed by atoms with Crippen molar-refractivity contribution in [1.29, 1.82) is 0 Å². The van der Waals surface area contributed by atoms with Gasteiger partial charge in [0.2, 0.25) is 0 Å². The molecule has 0 bridgehead atoms. The summed E-state index contributed by atoms with van der Waals surface area (Å²) in [7, 11) is 0. The molecular formula is C27H24N2O4. The summed E-state index contributed by atoms with van der Waals surface area (Å²) < 4.78 is 11.7. The summed E-state index contributed by atoms with van der Waals surface area (Å²) in [5.41, 5.74) is 3.05. The molecule has 166 valence electrons. The minimum atomic E-state index is -0.456. The highest BCUT2D eigenvalue weighted by Crippen LogP contribution is 2.31. The molecule has 6 nitrogen and oxygen atoms in total. The van der Waals surface area contributed by atoms with E-state index in [1.165, 1.54) is 0 Å². The van der Waals surface area contributed by atoms with Gasteiger partial charge in [-0.1, -0.05) is 54.6 Å². The monoisotopic (exact) mass is 440 g/mol. The number of carbonyl (C=O) groups is 2. The molecule has 6 heteroatoms. The smallest absolute Gasteiger partial charge is 0.283 e. The first-order chi connectivity index (χ1) is 16.1. The van der Waals surface area contributed by atoms with E-state index in [1.807, 2.05) is 61.5 Å². The molecule has 0 saturated heterocycles. The van der Waals surface area contributed by atoms with E-state index in [0.29, 0.717) is 41.6 Å². The zero-order valence-electron chi connectivity index (χ0n) is 18.5. The van der Waals surface area contributed by atoms with Crippen LogP contribution in [0.3, 0.4) is 0 Å². The van der Waals surface area contributed by atoms with Gasteiger partial charge < -0.3 is 9.47 Å². The van der Waals surface area contributed by atoms with Gasteiger partial charge in [0, 0.05) is 5.56 Å². The van der Waals surface area contributed by atoms with E-state index < -0.39 is 11.8 Å². The van der Waals surface area contributed by atoms with E-state index in [2.05, 4.69) is 5.10 Å². The SMILES string of the molecule is CCOc1cc(/C=C2/C(=O)N(C(=O)c3ccccc3)N=C2C)ccc1OCc1ccccc1. The maximum atomic E-state index is 12.9. The summed E-state index contributed by atoms with van der Waals surface area (Å²) in [5, 5.41) is 5.10. The van der Waals surface area contributed by atoms with E-state index in [1.54, 1.807) is 37.3 Å². The number of hydrogen-bond acceptors (Lipinski definition) is 5. The van der Waals surface area contributed by atoms with Gasteiger partial charge in [0.1, 0.15) is 6.61 Å². The highest BCUT2D eigenvalue weighted by atomic mass is 16.5. The number of rotatable bonds is 7. The zero-order valence-corrected chi connectivity index (χ0v) is 18.5. The number of benzene rings is 3. The van der Waals surface area contributed by atoms with Crippen LogP contribution in [0.25, 0.3) is 6.08 Å². The summed E-state index contributed by atoms with van der Waals surface area (Å²) in [5.74, 6) is 0.290. The van der Waals surface area contributed by atoms with Crippen LogP contribution in [-0.2, 0) is 11.4 Å². The maximum Gasteiger partial charge on any atom is 0.283 e. The molecule has 0 aliphatic carbocycles. The summed E-state index contributed by atoms with van der Waals surface area (Å²) in [6.45, 7) is 4.50. The van der Waals surface area contributed by atoms with E-state index >= 15 is 0 Å². The number of imide groups is 1. The van der Waals surface area contributed by atoms with Crippen molar-refractivity contribution in [2.24, 2.45) is 5.10 Å². The van der Waals surface area contributed by atoms with Crippen LogP contribution in [0, 0.1) is 0 Å². The number of nitrogens with zero attached hydrogens (tertiary/aromatic N) is 2. The molecule has 0 saturated carbocycles. The average molecular weight is 440 g/mol. The van der Waals surface area contributed by atoms with Crippen molar-refractivity contribution in [3.8, 4) is 11.5 Å². The number of hydrogen-bond donors (Lipinski definition) is 0. The summed E-state index contributed by atoms with van der Waals surface area (Å²) in [6, 6.07) is 24.0. The van der Waals surface area contributed by atoms with Crippen molar-refractivity contribution in [3.63, 3.8) is 0 Å². The Morgan fingerprint density at radius 2 is 1.64 bits per heavy atom. The fourth-order valence-electron chi connectivity index (χ4n) is 3.43. The Kier molecular flexibility index (Phi) is 6.64. The van der Waals surface area contributed by atoms with Crippen molar-refractivity contribution in [2.45, 2.75) is 20.5 Å². The predicted molar refractivity (Wildman–Crippen MR) is 127 cm³/mol. The Bertz CT molecular complexity index is 1220. The van der Waals surface area contributed by atoms with Crippen molar-refractivity contribution in [1.82, 2.24) is 5.01 Å². The second-order valence-corrected chi connectivity index (χ2v) is 7.45. The van der Waals surface area contributed by atoms with Gasteiger partial charge >= 0.3 is 0 Å². The van der Waals surface area contributed by atoms with E-state index in [0.717, 1.165) is 16.1 Å². The molecule has 1 heterocycles. The van der Waals surface area contributed by atoms with Crippen LogP contribution < -0.4 is 9.47 Å². The van der Waals surface area contributed by atoms with Crippen LogP contribution in [0.15, 0.2) is 89.5 Å². The summed E-state index contributed by atoms with van der Waals surface area (Å²) in [6.07, 6.45) is 1.71. The van der Waals surface area contributed by atoms with Crippen molar-refractivity contribution in [3.05, 3.63) is 101 Å². The van der Waals surface area contributed by atoms with Crippen LogP contribution >= 0.6 is 0 Å². The molecule has 2 amide bonds. The van der Waals surface area contributed by atoms with Crippen molar-refractivity contribution >= 4 is 23.6 Å². The van der Waals surface area contributed by atoms with Crippen LogP contribution in [-0.4, -0.2) is 29.1 Å². The Hall–Kier alpha value is -4.19. The second-order valence-electron chi connectivity index (χ2n) is 7.45. The van der Waals surface area contributed by atoms with Crippen LogP contribution in [0.1, 0.15) is 35.3 Å². The van der Waals surface area contributed by atoms with Crippen LogP contribution in [0.5, 0.6) is 11.5 Å². The average Bonchev–Trinajstić information content (AvgIpc) is 3.13. The fraction of sp³-hybridized carbons (Fsp3) is 0.148.